The molecule has 1 rings (SSSR count). The third kappa shape index (κ3) is 1.79. The Kier molecular flexibility index (Phi) is 3.23. The van der Waals surface area contributed by atoms with Crippen LogP contribution in [-0.2, 0) is 4.43 Å². The molecule has 0 fully saturated rings. The van der Waals surface area contributed by atoms with E-state index in [1.165, 1.54) is 5.19 Å². The molecule has 0 atom stereocenters. The highest BCUT2D eigenvalue weighted by atomic mass is 28.4. The highest BCUT2D eigenvalue weighted by molar-refractivity contribution is 6.94. The van der Waals surface area contributed by atoms with E-state index in [1.807, 2.05) is 29.6 Å². The fourth-order valence-electron chi connectivity index (χ4n) is 1.30. The van der Waals surface area contributed by atoms with E-state index >= 15 is 0 Å². The molecule has 0 aromatic heterocycles. The van der Waals surface area contributed by atoms with Crippen molar-refractivity contribution in [2.75, 3.05) is 7.11 Å². The van der Waals surface area contributed by atoms with Gasteiger partial charge in [-0.25, -0.2) is 0 Å². The van der Waals surface area contributed by atoms with Crippen LogP contribution in [0.1, 0.15) is 0 Å². The van der Waals surface area contributed by atoms with Gasteiger partial charge >= 0.3 is 0 Å². The van der Waals surface area contributed by atoms with Gasteiger partial charge in [-0.3, -0.25) is 0 Å². The Morgan fingerprint density at radius 3 is 2.08 bits per heavy atom. The van der Waals surface area contributed by atoms with Crippen molar-refractivity contribution < 1.29 is 4.43 Å². The molecule has 0 N–H and O–H groups in total. The monoisotopic (exact) mass is 190 g/mol. The number of hydrogen-bond acceptors (Lipinski definition) is 1. The fourth-order valence-corrected chi connectivity index (χ4v) is 3.22. The lowest BCUT2D eigenvalue weighted by Gasteiger charge is -2.21. The molecule has 0 amide bonds. The van der Waals surface area contributed by atoms with Crippen LogP contribution < -0.4 is 5.19 Å². The molecule has 0 aliphatic rings. The maximum Gasteiger partial charge on any atom is 0.272 e. The largest absolute Gasteiger partial charge is 0.408 e. The normalized spacial score (nSPS) is 10.8. The van der Waals surface area contributed by atoms with Crippen LogP contribution in [0.15, 0.2) is 54.9 Å². The van der Waals surface area contributed by atoms with Crippen molar-refractivity contribution in [1.82, 2.24) is 0 Å². The molecule has 1 nitrogen and oxygen atoms in total. The fraction of sp³-hybridized carbons (Fsp3) is 0.0909. The van der Waals surface area contributed by atoms with E-state index in [0.29, 0.717) is 0 Å². The van der Waals surface area contributed by atoms with Gasteiger partial charge in [-0.15, -0.1) is 13.2 Å². The Hall–Kier alpha value is -1.12. The highest BCUT2D eigenvalue weighted by Gasteiger charge is 2.28. The zero-order valence-electron chi connectivity index (χ0n) is 7.86. The summed E-state index contributed by atoms with van der Waals surface area (Å²) in [6.07, 6.45) is 0. The first-order valence-corrected chi connectivity index (χ1v) is 6.23. The van der Waals surface area contributed by atoms with E-state index < -0.39 is 8.32 Å². The van der Waals surface area contributed by atoms with Crippen molar-refractivity contribution in [3.8, 4) is 0 Å². The lowest BCUT2D eigenvalue weighted by Crippen LogP contribution is -2.46. The van der Waals surface area contributed by atoms with E-state index in [9.17, 15) is 0 Å². The SMILES string of the molecule is C=C[Si](C=C)(OC)c1ccccc1. The topological polar surface area (TPSA) is 9.23 Å². The van der Waals surface area contributed by atoms with Gasteiger partial charge in [0.15, 0.2) is 0 Å². The molecule has 0 saturated heterocycles. The van der Waals surface area contributed by atoms with Gasteiger partial charge < -0.3 is 4.43 Å². The lowest BCUT2D eigenvalue weighted by molar-refractivity contribution is 0.425. The summed E-state index contributed by atoms with van der Waals surface area (Å²) in [6.45, 7) is 7.63. The highest BCUT2D eigenvalue weighted by Crippen LogP contribution is 2.06. The first kappa shape index (κ1) is 9.96. The molecular weight excluding hydrogens is 176 g/mol. The maximum absolute atomic E-state index is 5.53. The van der Waals surface area contributed by atoms with Crippen LogP contribution in [-0.4, -0.2) is 15.4 Å². The minimum Gasteiger partial charge on any atom is -0.408 e. The third-order valence-electron chi connectivity index (χ3n) is 2.17. The summed E-state index contributed by atoms with van der Waals surface area (Å²) in [5, 5.41) is 1.18. The van der Waals surface area contributed by atoms with Crippen LogP contribution in [0.2, 0.25) is 0 Å². The molecule has 0 saturated carbocycles. The molecule has 68 valence electrons. The molecule has 13 heavy (non-hydrogen) atoms. The van der Waals surface area contributed by atoms with Gasteiger partial charge in [0, 0.05) is 7.11 Å². The summed E-state index contributed by atoms with van der Waals surface area (Å²) in [5.41, 5.74) is 3.77. The van der Waals surface area contributed by atoms with E-state index in [2.05, 4.69) is 25.3 Å². The predicted octanol–water partition coefficient (Wildman–Crippen LogP) is 1.94. The Morgan fingerprint density at radius 2 is 1.69 bits per heavy atom. The van der Waals surface area contributed by atoms with Crippen LogP contribution in [0.4, 0.5) is 0 Å². The van der Waals surface area contributed by atoms with E-state index in [0.717, 1.165) is 0 Å². The van der Waals surface area contributed by atoms with Crippen molar-refractivity contribution in [2.24, 2.45) is 0 Å². The Balaban J connectivity index is 3.15. The lowest BCUT2D eigenvalue weighted by atomic mass is 10.4. The maximum atomic E-state index is 5.53. The van der Waals surface area contributed by atoms with Crippen LogP contribution in [0.25, 0.3) is 0 Å². The molecule has 0 bridgehead atoms. The van der Waals surface area contributed by atoms with E-state index in [1.54, 1.807) is 7.11 Å². The molecular formula is C11H14OSi. The summed E-state index contributed by atoms with van der Waals surface area (Å²) in [4.78, 5) is 0. The quantitative estimate of drug-likeness (QED) is 0.659. The van der Waals surface area contributed by atoms with E-state index in [-0.39, 0.29) is 0 Å². The molecule has 0 radical (unpaired) electrons. The molecule has 0 aliphatic heterocycles. The van der Waals surface area contributed by atoms with Gasteiger partial charge in [0.25, 0.3) is 8.32 Å². The number of benzene rings is 1. The summed E-state index contributed by atoms with van der Waals surface area (Å²) in [6, 6.07) is 10.1. The van der Waals surface area contributed by atoms with Gasteiger partial charge in [-0.05, 0) is 5.19 Å². The third-order valence-corrected chi connectivity index (χ3v) is 5.29. The summed E-state index contributed by atoms with van der Waals surface area (Å²) in [7, 11) is -0.355. The minimum absolute atomic E-state index is 1.18. The standard InChI is InChI=1S/C11H14OSi/c1-4-13(5-2,12-3)11-9-7-6-8-10-11/h4-10H,1-2H2,3H3. The van der Waals surface area contributed by atoms with Crippen LogP contribution in [0.5, 0.6) is 0 Å². The van der Waals surface area contributed by atoms with Gasteiger partial charge in [0.1, 0.15) is 0 Å². The summed E-state index contributed by atoms with van der Waals surface area (Å²) >= 11 is 0. The molecule has 1 aromatic carbocycles. The Bertz CT molecular complexity index is 284. The Morgan fingerprint density at radius 1 is 1.15 bits per heavy atom. The minimum atomic E-state index is -2.07. The second-order valence-electron chi connectivity index (χ2n) is 2.77. The summed E-state index contributed by atoms with van der Waals surface area (Å²) in [5.74, 6) is 0. The van der Waals surface area contributed by atoms with Gasteiger partial charge in [-0.2, -0.15) is 0 Å². The molecule has 0 heterocycles. The number of rotatable bonds is 4. The predicted molar refractivity (Wildman–Crippen MR) is 59.2 cm³/mol. The van der Waals surface area contributed by atoms with E-state index in [4.69, 9.17) is 4.43 Å². The average Bonchev–Trinajstić information content (AvgIpc) is 2.23. The summed E-state index contributed by atoms with van der Waals surface area (Å²) < 4.78 is 5.53. The number of hydrogen-bond donors (Lipinski definition) is 0. The van der Waals surface area contributed by atoms with Crippen LogP contribution in [0.3, 0.4) is 0 Å². The van der Waals surface area contributed by atoms with Crippen molar-refractivity contribution in [2.45, 2.75) is 0 Å². The smallest absolute Gasteiger partial charge is 0.272 e. The zero-order chi connectivity index (χ0) is 9.73. The molecule has 1 aromatic rings. The van der Waals surface area contributed by atoms with Gasteiger partial charge in [-0.1, -0.05) is 41.7 Å². The van der Waals surface area contributed by atoms with Crippen LogP contribution in [0, 0.1) is 0 Å². The molecule has 0 spiro atoms. The molecule has 0 unspecified atom stereocenters. The molecule has 2 heteroatoms. The average molecular weight is 190 g/mol. The second kappa shape index (κ2) is 4.21. The zero-order valence-corrected chi connectivity index (χ0v) is 8.86. The van der Waals surface area contributed by atoms with Crippen molar-refractivity contribution in [3.63, 3.8) is 0 Å². The van der Waals surface area contributed by atoms with Crippen LogP contribution >= 0.6 is 0 Å². The van der Waals surface area contributed by atoms with Crippen molar-refractivity contribution in [3.05, 3.63) is 54.9 Å². The van der Waals surface area contributed by atoms with Gasteiger partial charge in [0.05, 0.1) is 0 Å². The van der Waals surface area contributed by atoms with Crippen molar-refractivity contribution in [1.29, 1.82) is 0 Å². The van der Waals surface area contributed by atoms with Crippen molar-refractivity contribution >= 4 is 13.5 Å². The Labute approximate surface area is 80.5 Å². The first-order valence-electron chi connectivity index (χ1n) is 4.17. The molecule has 0 aliphatic carbocycles. The van der Waals surface area contributed by atoms with Gasteiger partial charge in [0.2, 0.25) is 0 Å². The second-order valence-corrected chi connectivity index (χ2v) is 6.16. The first-order chi connectivity index (χ1) is 6.29.